The molecule has 26 heavy (non-hydrogen) atoms. The molecule has 1 N–H and O–H groups in total. The van der Waals surface area contributed by atoms with Gasteiger partial charge in [0.1, 0.15) is 6.54 Å². The van der Waals surface area contributed by atoms with E-state index in [1.165, 1.54) is 12.8 Å². The highest BCUT2D eigenvalue weighted by Crippen LogP contribution is 2.18. The van der Waals surface area contributed by atoms with Crippen molar-refractivity contribution >= 4 is 21.6 Å². The SMILES string of the molecule is Cc1ccc(N(CC(=O)NCCCN2CCC(C)CC2)S(C)(=O)=O)cc1. The molecule has 7 heteroatoms. The molecular weight excluding hydrogens is 350 g/mol. The topological polar surface area (TPSA) is 69.7 Å². The van der Waals surface area contributed by atoms with E-state index in [4.69, 9.17) is 0 Å². The van der Waals surface area contributed by atoms with Gasteiger partial charge in [0, 0.05) is 6.54 Å². The molecule has 0 aliphatic carbocycles. The zero-order valence-electron chi connectivity index (χ0n) is 16.1. The Kier molecular flexibility index (Phi) is 7.46. The van der Waals surface area contributed by atoms with Crippen LogP contribution in [0.4, 0.5) is 5.69 Å². The van der Waals surface area contributed by atoms with Gasteiger partial charge in [-0.2, -0.15) is 0 Å². The fourth-order valence-corrected chi connectivity index (χ4v) is 3.97. The zero-order chi connectivity index (χ0) is 19.2. The first kappa shape index (κ1) is 20.7. The molecule has 0 unspecified atom stereocenters. The quantitative estimate of drug-likeness (QED) is 0.699. The summed E-state index contributed by atoms with van der Waals surface area (Å²) in [6.45, 7) is 7.83. The minimum Gasteiger partial charge on any atom is -0.354 e. The molecule has 1 fully saturated rings. The Bertz CT molecular complexity index is 680. The average molecular weight is 382 g/mol. The van der Waals surface area contributed by atoms with Crippen molar-refractivity contribution in [3.8, 4) is 0 Å². The van der Waals surface area contributed by atoms with Gasteiger partial charge < -0.3 is 10.2 Å². The molecule has 0 spiro atoms. The zero-order valence-corrected chi connectivity index (χ0v) is 16.9. The molecular formula is C19H31N3O3S. The Balaban J connectivity index is 1.79. The highest BCUT2D eigenvalue weighted by atomic mass is 32.2. The van der Waals surface area contributed by atoms with Crippen LogP contribution in [0.15, 0.2) is 24.3 Å². The molecule has 1 aliphatic heterocycles. The second-order valence-electron chi connectivity index (χ2n) is 7.33. The van der Waals surface area contributed by atoms with E-state index in [0.29, 0.717) is 12.2 Å². The molecule has 0 atom stereocenters. The maximum absolute atomic E-state index is 12.2. The van der Waals surface area contributed by atoms with Crippen LogP contribution in [0.25, 0.3) is 0 Å². The first-order chi connectivity index (χ1) is 12.3. The van der Waals surface area contributed by atoms with Crippen LogP contribution in [-0.4, -0.2) is 58.2 Å². The number of likely N-dealkylation sites (tertiary alicyclic amines) is 1. The molecule has 1 aliphatic rings. The van der Waals surface area contributed by atoms with Crippen LogP contribution < -0.4 is 9.62 Å². The lowest BCUT2D eigenvalue weighted by Crippen LogP contribution is -2.41. The van der Waals surface area contributed by atoms with Crippen molar-refractivity contribution in [3.05, 3.63) is 29.8 Å². The summed E-state index contributed by atoms with van der Waals surface area (Å²) in [5.74, 6) is 0.540. The summed E-state index contributed by atoms with van der Waals surface area (Å²) in [6, 6.07) is 7.12. The number of sulfonamides is 1. The predicted octanol–water partition coefficient (Wildman–Crippen LogP) is 2.00. The molecule has 0 bridgehead atoms. The Labute approximate surface area is 157 Å². The Morgan fingerprint density at radius 3 is 2.42 bits per heavy atom. The summed E-state index contributed by atoms with van der Waals surface area (Å²) in [5, 5.41) is 2.84. The highest BCUT2D eigenvalue weighted by molar-refractivity contribution is 7.92. The number of rotatable bonds is 8. The lowest BCUT2D eigenvalue weighted by Gasteiger charge is -2.30. The van der Waals surface area contributed by atoms with Gasteiger partial charge in [-0.1, -0.05) is 24.6 Å². The van der Waals surface area contributed by atoms with Crippen molar-refractivity contribution < 1.29 is 13.2 Å². The third kappa shape index (κ3) is 6.61. The van der Waals surface area contributed by atoms with E-state index in [1.54, 1.807) is 12.1 Å². The molecule has 1 amide bonds. The summed E-state index contributed by atoms with van der Waals surface area (Å²) < 4.78 is 25.3. The third-order valence-corrected chi connectivity index (χ3v) is 6.00. The molecule has 0 saturated carbocycles. The largest absolute Gasteiger partial charge is 0.354 e. The van der Waals surface area contributed by atoms with Gasteiger partial charge >= 0.3 is 0 Å². The first-order valence-electron chi connectivity index (χ1n) is 9.29. The second kappa shape index (κ2) is 9.37. The Hall–Kier alpha value is -1.60. The van der Waals surface area contributed by atoms with Crippen molar-refractivity contribution in [2.75, 3.05) is 43.3 Å². The third-order valence-electron chi connectivity index (χ3n) is 4.86. The minimum atomic E-state index is -3.51. The average Bonchev–Trinajstić information content (AvgIpc) is 2.58. The Morgan fingerprint density at radius 1 is 1.23 bits per heavy atom. The molecule has 6 nitrogen and oxygen atoms in total. The number of nitrogens with zero attached hydrogens (tertiary/aromatic N) is 2. The molecule has 1 aromatic rings. The van der Waals surface area contributed by atoms with Crippen molar-refractivity contribution in [2.45, 2.75) is 33.1 Å². The van der Waals surface area contributed by atoms with Gasteiger partial charge in [-0.25, -0.2) is 8.42 Å². The molecule has 146 valence electrons. The molecule has 1 aromatic carbocycles. The van der Waals surface area contributed by atoms with Crippen LogP contribution in [0.5, 0.6) is 0 Å². The van der Waals surface area contributed by atoms with Gasteiger partial charge in [-0.05, 0) is 63.9 Å². The summed E-state index contributed by atoms with van der Waals surface area (Å²) in [6.07, 6.45) is 4.49. The van der Waals surface area contributed by atoms with Crippen LogP contribution in [0, 0.1) is 12.8 Å². The standard InChI is InChI=1S/C19H31N3O3S/c1-16-5-7-18(8-6-16)22(26(3,24)25)15-19(23)20-11-4-12-21-13-9-17(2)10-14-21/h5-8,17H,4,9-15H2,1-3H3,(H,20,23). The predicted molar refractivity (Wildman–Crippen MR) is 106 cm³/mol. The molecule has 0 aromatic heterocycles. The van der Waals surface area contributed by atoms with Crippen LogP contribution in [0.1, 0.15) is 31.7 Å². The molecule has 1 heterocycles. The van der Waals surface area contributed by atoms with Gasteiger partial charge in [0.2, 0.25) is 15.9 Å². The number of hydrogen-bond donors (Lipinski definition) is 1. The van der Waals surface area contributed by atoms with Gasteiger partial charge in [-0.15, -0.1) is 0 Å². The normalized spacial score (nSPS) is 16.4. The van der Waals surface area contributed by atoms with Gasteiger partial charge in [-0.3, -0.25) is 9.10 Å². The van der Waals surface area contributed by atoms with E-state index in [2.05, 4.69) is 17.1 Å². The number of aryl methyl sites for hydroxylation is 1. The second-order valence-corrected chi connectivity index (χ2v) is 9.24. The number of nitrogens with one attached hydrogen (secondary N) is 1. The minimum absolute atomic E-state index is 0.191. The maximum Gasteiger partial charge on any atom is 0.240 e. The van der Waals surface area contributed by atoms with Crippen LogP contribution in [0.3, 0.4) is 0 Å². The van der Waals surface area contributed by atoms with E-state index < -0.39 is 10.0 Å². The maximum atomic E-state index is 12.2. The fraction of sp³-hybridized carbons (Fsp3) is 0.632. The summed E-state index contributed by atoms with van der Waals surface area (Å²) in [7, 11) is -3.51. The number of carbonyl (C=O) groups excluding carboxylic acids is 1. The lowest BCUT2D eigenvalue weighted by atomic mass is 9.99. The number of carbonyl (C=O) groups is 1. The van der Waals surface area contributed by atoms with E-state index >= 15 is 0 Å². The highest BCUT2D eigenvalue weighted by Gasteiger charge is 2.20. The van der Waals surface area contributed by atoms with Crippen molar-refractivity contribution in [2.24, 2.45) is 5.92 Å². The van der Waals surface area contributed by atoms with Crippen molar-refractivity contribution in [3.63, 3.8) is 0 Å². The Morgan fingerprint density at radius 2 is 1.85 bits per heavy atom. The van der Waals surface area contributed by atoms with E-state index in [0.717, 1.165) is 48.1 Å². The van der Waals surface area contributed by atoms with Crippen molar-refractivity contribution in [1.82, 2.24) is 10.2 Å². The van der Waals surface area contributed by atoms with Gasteiger partial charge in [0.15, 0.2) is 0 Å². The smallest absolute Gasteiger partial charge is 0.240 e. The van der Waals surface area contributed by atoms with E-state index in [9.17, 15) is 13.2 Å². The van der Waals surface area contributed by atoms with Gasteiger partial charge in [0.25, 0.3) is 0 Å². The molecule has 1 saturated heterocycles. The summed E-state index contributed by atoms with van der Waals surface area (Å²) in [4.78, 5) is 14.6. The van der Waals surface area contributed by atoms with Crippen LogP contribution in [-0.2, 0) is 14.8 Å². The van der Waals surface area contributed by atoms with Crippen LogP contribution >= 0.6 is 0 Å². The van der Waals surface area contributed by atoms with E-state index in [-0.39, 0.29) is 12.5 Å². The number of anilines is 1. The fourth-order valence-electron chi connectivity index (χ4n) is 3.11. The first-order valence-corrected chi connectivity index (χ1v) is 11.1. The summed E-state index contributed by atoms with van der Waals surface area (Å²) >= 11 is 0. The lowest BCUT2D eigenvalue weighted by molar-refractivity contribution is -0.119. The number of hydrogen-bond acceptors (Lipinski definition) is 4. The number of piperidine rings is 1. The summed E-state index contributed by atoms with van der Waals surface area (Å²) in [5.41, 5.74) is 1.55. The van der Waals surface area contributed by atoms with Gasteiger partial charge in [0.05, 0.1) is 11.9 Å². The van der Waals surface area contributed by atoms with Crippen molar-refractivity contribution in [1.29, 1.82) is 0 Å². The molecule has 2 rings (SSSR count). The molecule has 0 radical (unpaired) electrons. The van der Waals surface area contributed by atoms with Crippen LogP contribution in [0.2, 0.25) is 0 Å². The van der Waals surface area contributed by atoms with E-state index in [1.807, 2.05) is 19.1 Å². The number of amides is 1. The monoisotopic (exact) mass is 381 g/mol. The number of benzene rings is 1.